The molecule has 0 spiro atoms. The summed E-state index contributed by atoms with van der Waals surface area (Å²) in [6.45, 7) is 1.56. The molecule has 4 aromatic rings. The Bertz CT molecular complexity index is 1660. The first-order valence-electron chi connectivity index (χ1n) is 13.1. The fraction of sp³-hybridized carbons (Fsp3) is 0.212. The molecule has 38 heavy (non-hydrogen) atoms. The third kappa shape index (κ3) is 3.15. The quantitative estimate of drug-likeness (QED) is 0.259. The van der Waals surface area contributed by atoms with Gasteiger partial charge < -0.3 is 24.9 Å². The van der Waals surface area contributed by atoms with E-state index in [1.807, 2.05) is 42.5 Å². The van der Waals surface area contributed by atoms with E-state index in [9.17, 15) is 20.4 Å². The van der Waals surface area contributed by atoms with Crippen LogP contribution in [0.25, 0.3) is 16.7 Å². The molecule has 3 aliphatic heterocycles. The number of benzene rings is 4. The summed E-state index contributed by atoms with van der Waals surface area (Å²) in [7, 11) is 2.28. The van der Waals surface area contributed by atoms with Gasteiger partial charge in [-0.15, -0.1) is 0 Å². The molecule has 4 aliphatic rings. The number of hydrogen-bond donors (Lipinski definition) is 4. The average Bonchev–Trinajstić information content (AvgIpc) is 3.24. The Morgan fingerprint density at radius 1 is 0.763 bits per heavy atom. The molecule has 3 heterocycles. The van der Waals surface area contributed by atoms with Crippen LogP contribution in [0.15, 0.2) is 84.9 Å². The predicted octanol–water partition coefficient (Wildman–Crippen LogP) is 5.49. The molecule has 5 heteroatoms. The Morgan fingerprint density at radius 3 is 2.37 bits per heavy atom. The number of likely N-dealkylation sites (N-methyl/N-ethyl adjacent to an activating group) is 1. The zero-order chi connectivity index (χ0) is 26.2. The third-order valence-corrected chi connectivity index (χ3v) is 9.10. The lowest BCUT2D eigenvalue weighted by molar-refractivity contribution is -0.930. The highest BCUT2D eigenvalue weighted by molar-refractivity contribution is 5.87. The fourth-order valence-electron chi connectivity index (χ4n) is 7.43. The van der Waals surface area contributed by atoms with E-state index in [1.165, 1.54) is 0 Å². The molecule has 3 atom stereocenters. The van der Waals surface area contributed by atoms with E-state index >= 15 is 0 Å². The number of quaternary nitrogens is 1. The van der Waals surface area contributed by atoms with Gasteiger partial charge in [0.1, 0.15) is 35.6 Å². The standard InChI is InChI=1S/C33H29NO4/c1-34-13-12-20-8-10-27(30(38)14-20)26-11-9-25(36)17-28(26)22(19-34)18-33(23-5-3-6-24(35)16-23)31(34)15-21-4-2-7-29(37)32(21)33/h2-11,14,16-18,31H,12-13,15,19H2,1H3,(H3-,35,36,37,38)/p+1/t31-,33+,34-/m0/s1. The monoisotopic (exact) mass is 504 g/mol. The smallest absolute Gasteiger partial charge is 0.123 e. The minimum Gasteiger partial charge on any atom is -0.508 e. The molecule has 5 nitrogen and oxygen atoms in total. The topological polar surface area (TPSA) is 80.9 Å². The Kier molecular flexibility index (Phi) is 4.76. The summed E-state index contributed by atoms with van der Waals surface area (Å²) in [5.41, 5.74) is 6.79. The van der Waals surface area contributed by atoms with Crippen molar-refractivity contribution in [2.45, 2.75) is 24.3 Å². The maximum Gasteiger partial charge on any atom is 0.123 e. The molecule has 190 valence electrons. The van der Waals surface area contributed by atoms with E-state index in [1.54, 1.807) is 24.3 Å². The van der Waals surface area contributed by atoms with Crippen molar-refractivity contribution >= 4 is 5.57 Å². The van der Waals surface area contributed by atoms with Gasteiger partial charge in [-0.1, -0.05) is 42.5 Å². The van der Waals surface area contributed by atoms with Crippen molar-refractivity contribution < 1.29 is 24.9 Å². The van der Waals surface area contributed by atoms with E-state index in [0.29, 0.717) is 4.48 Å². The summed E-state index contributed by atoms with van der Waals surface area (Å²) >= 11 is 0. The van der Waals surface area contributed by atoms with Crippen LogP contribution in [0.3, 0.4) is 0 Å². The van der Waals surface area contributed by atoms with Crippen LogP contribution in [0, 0.1) is 0 Å². The normalized spacial score (nSPS) is 25.1. The van der Waals surface area contributed by atoms with Crippen molar-refractivity contribution in [2.75, 3.05) is 20.1 Å². The predicted molar refractivity (Wildman–Crippen MR) is 147 cm³/mol. The Labute approximate surface area is 221 Å². The van der Waals surface area contributed by atoms with E-state index < -0.39 is 5.41 Å². The highest BCUT2D eigenvalue weighted by Crippen LogP contribution is 2.57. The molecule has 0 radical (unpaired) electrons. The third-order valence-electron chi connectivity index (χ3n) is 9.10. The van der Waals surface area contributed by atoms with Gasteiger partial charge in [-0.05, 0) is 70.3 Å². The van der Waals surface area contributed by atoms with E-state index in [0.717, 1.165) is 70.4 Å². The lowest BCUT2D eigenvalue weighted by atomic mass is 9.67. The van der Waals surface area contributed by atoms with Crippen LogP contribution in [0.1, 0.15) is 27.8 Å². The minimum atomic E-state index is -0.699. The summed E-state index contributed by atoms with van der Waals surface area (Å²) in [5, 5.41) is 43.6. The van der Waals surface area contributed by atoms with Gasteiger partial charge in [-0.3, -0.25) is 0 Å². The lowest BCUT2D eigenvalue weighted by Crippen LogP contribution is -2.63. The Hall–Kier alpha value is -4.22. The first kappa shape index (κ1) is 22.9. The molecule has 4 bridgehead atoms. The number of rotatable bonds is 1. The van der Waals surface area contributed by atoms with E-state index in [4.69, 9.17) is 0 Å². The van der Waals surface area contributed by atoms with Gasteiger partial charge in [0.05, 0.1) is 19.0 Å². The van der Waals surface area contributed by atoms with Gasteiger partial charge in [0.2, 0.25) is 0 Å². The van der Waals surface area contributed by atoms with Gasteiger partial charge in [0, 0.05) is 29.5 Å². The molecule has 0 fully saturated rings. The summed E-state index contributed by atoms with van der Waals surface area (Å²) in [6, 6.07) is 24.5. The summed E-state index contributed by atoms with van der Waals surface area (Å²) in [5.74, 6) is 0.832. The molecule has 1 aliphatic carbocycles. The average molecular weight is 505 g/mol. The molecule has 0 amide bonds. The maximum atomic E-state index is 11.4. The highest BCUT2D eigenvalue weighted by Gasteiger charge is 2.59. The molecule has 0 saturated carbocycles. The van der Waals surface area contributed by atoms with Crippen molar-refractivity contribution in [1.82, 2.24) is 0 Å². The molecular weight excluding hydrogens is 474 g/mol. The van der Waals surface area contributed by atoms with Crippen LogP contribution in [-0.4, -0.2) is 51.1 Å². The second kappa shape index (κ2) is 7.89. The summed E-state index contributed by atoms with van der Waals surface area (Å²) < 4.78 is 0.700. The maximum absolute atomic E-state index is 11.4. The van der Waals surface area contributed by atoms with Crippen molar-refractivity contribution in [3.8, 4) is 34.1 Å². The largest absolute Gasteiger partial charge is 0.508 e. The number of aromatic hydroxyl groups is 4. The van der Waals surface area contributed by atoms with Crippen molar-refractivity contribution in [3.05, 3.63) is 113 Å². The molecule has 0 aromatic heterocycles. The molecule has 4 N–H and O–H groups in total. The van der Waals surface area contributed by atoms with Gasteiger partial charge in [0.15, 0.2) is 0 Å². The molecule has 0 saturated heterocycles. The van der Waals surface area contributed by atoms with Crippen LogP contribution >= 0.6 is 0 Å². The first-order valence-corrected chi connectivity index (χ1v) is 13.1. The van der Waals surface area contributed by atoms with Crippen LogP contribution in [0.2, 0.25) is 0 Å². The number of nitrogens with zero attached hydrogens (tertiary/aromatic N) is 1. The summed E-state index contributed by atoms with van der Waals surface area (Å²) in [6.07, 6.45) is 3.84. The molecule has 0 unspecified atom stereocenters. The molecule has 4 aromatic carbocycles. The minimum absolute atomic E-state index is 0.0740. The van der Waals surface area contributed by atoms with Gasteiger partial charge in [-0.25, -0.2) is 0 Å². The lowest BCUT2D eigenvalue weighted by Gasteiger charge is -2.51. The first-order chi connectivity index (χ1) is 18.3. The Morgan fingerprint density at radius 2 is 1.55 bits per heavy atom. The number of fused-ring (bicyclic) bond motifs is 6. The number of phenols is 4. The van der Waals surface area contributed by atoms with Crippen LogP contribution in [0.5, 0.6) is 23.0 Å². The zero-order valence-electron chi connectivity index (χ0n) is 21.2. The highest BCUT2D eigenvalue weighted by atomic mass is 16.3. The van der Waals surface area contributed by atoms with Crippen LogP contribution < -0.4 is 0 Å². The second-order valence-corrected chi connectivity index (χ2v) is 11.3. The number of phenolic OH excluding ortho intramolecular Hbond substituents is 4. The SMILES string of the molecule is C[N@@+]12CCc3ccc(c(O)c3)-c3ccc(O)cc3C(=C[C@]3(c4cccc(O)c4)c4c(O)cccc4C[C@@H]31)C2. The summed E-state index contributed by atoms with van der Waals surface area (Å²) in [4.78, 5) is 0. The number of hydrogen-bond acceptors (Lipinski definition) is 4. The van der Waals surface area contributed by atoms with Crippen molar-refractivity contribution in [2.24, 2.45) is 0 Å². The van der Waals surface area contributed by atoms with Gasteiger partial charge in [0.25, 0.3) is 0 Å². The fourth-order valence-corrected chi connectivity index (χ4v) is 7.43. The zero-order valence-corrected chi connectivity index (χ0v) is 21.2. The molecule has 8 rings (SSSR count). The van der Waals surface area contributed by atoms with Crippen LogP contribution in [0.4, 0.5) is 0 Å². The van der Waals surface area contributed by atoms with E-state index in [2.05, 4.69) is 25.3 Å². The van der Waals surface area contributed by atoms with Crippen molar-refractivity contribution in [1.29, 1.82) is 0 Å². The van der Waals surface area contributed by atoms with Crippen LogP contribution in [-0.2, 0) is 18.3 Å². The Balaban J connectivity index is 1.61. The van der Waals surface area contributed by atoms with Gasteiger partial charge >= 0.3 is 0 Å². The van der Waals surface area contributed by atoms with E-state index in [-0.39, 0.29) is 29.0 Å². The molecular formula is C33H30NO4+. The van der Waals surface area contributed by atoms with Gasteiger partial charge in [-0.2, -0.15) is 0 Å². The van der Waals surface area contributed by atoms with Crippen molar-refractivity contribution in [3.63, 3.8) is 0 Å². The second-order valence-electron chi connectivity index (χ2n) is 11.3.